The van der Waals surface area contributed by atoms with Gasteiger partial charge < -0.3 is 9.88 Å². The van der Waals surface area contributed by atoms with Gasteiger partial charge in [-0.15, -0.1) is 0 Å². The van der Waals surface area contributed by atoms with E-state index < -0.39 is 0 Å². The zero-order valence-corrected chi connectivity index (χ0v) is 9.51. The number of carbonyl (C=O) groups excluding carboxylic acids is 2. The molecular formula is C12H13N3O2. The molecule has 0 aliphatic heterocycles. The van der Waals surface area contributed by atoms with E-state index in [2.05, 4.69) is 10.3 Å². The second-order valence-corrected chi connectivity index (χ2v) is 3.69. The number of hydrogen-bond acceptors (Lipinski definition) is 3. The minimum Gasteiger partial charge on any atom is -0.359 e. The van der Waals surface area contributed by atoms with Crippen molar-refractivity contribution in [3.05, 3.63) is 30.1 Å². The van der Waals surface area contributed by atoms with E-state index >= 15 is 0 Å². The predicted molar refractivity (Wildman–Crippen MR) is 63.8 cm³/mol. The third kappa shape index (κ3) is 2.18. The molecule has 5 nitrogen and oxygen atoms in total. The first kappa shape index (κ1) is 11.3. The van der Waals surface area contributed by atoms with Crippen LogP contribution in [0.5, 0.6) is 0 Å². The molecule has 17 heavy (non-hydrogen) atoms. The van der Waals surface area contributed by atoms with E-state index in [1.165, 1.54) is 0 Å². The van der Waals surface area contributed by atoms with Crippen molar-refractivity contribution in [2.45, 2.75) is 13.0 Å². The summed E-state index contributed by atoms with van der Waals surface area (Å²) in [6.45, 7) is 0.515. The van der Waals surface area contributed by atoms with E-state index in [9.17, 15) is 9.59 Å². The number of carbonyl (C=O) groups is 2. The Morgan fingerprint density at radius 1 is 1.59 bits per heavy atom. The number of hydrogen-bond donors (Lipinski definition) is 1. The molecule has 0 saturated carbocycles. The number of aromatic nitrogens is 2. The lowest BCUT2D eigenvalue weighted by Gasteiger charge is -2.03. The van der Waals surface area contributed by atoms with E-state index in [0.29, 0.717) is 18.5 Å². The summed E-state index contributed by atoms with van der Waals surface area (Å²) in [6.07, 6.45) is 4.58. The number of aldehydes is 1. The maximum atomic E-state index is 11.2. The Morgan fingerprint density at radius 2 is 2.41 bits per heavy atom. The standard InChI is InChI=1S/C12H13N3O2/c1-13-11(17)4-6-15-7-9(8-16)10-3-2-5-14-12(10)15/h2-3,5,7-8H,4,6H2,1H3,(H,13,17). The van der Waals surface area contributed by atoms with Crippen LogP contribution < -0.4 is 5.32 Å². The van der Waals surface area contributed by atoms with Gasteiger partial charge in [-0.3, -0.25) is 9.59 Å². The summed E-state index contributed by atoms with van der Waals surface area (Å²) >= 11 is 0. The number of aryl methyl sites for hydroxylation is 1. The molecule has 0 atom stereocenters. The van der Waals surface area contributed by atoms with Crippen LogP contribution in [0.15, 0.2) is 24.5 Å². The van der Waals surface area contributed by atoms with Crippen molar-refractivity contribution in [3.63, 3.8) is 0 Å². The molecule has 2 heterocycles. The lowest BCUT2D eigenvalue weighted by molar-refractivity contribution is -0.120. The van der Waals surface area contributed by atoms with Crippen LogP contribution >= 0.6 is 0 Å². The molecule has 0 unspecified atom stereocenters. The first-order valence-electron chi connectivity index (χ1n) is 5.36. The van der Waals surface area contributed by atoms with Crippen LogP contribution in [0, 0.1) is 0 Å². The number of pyridine rings is 1. The second kappa shape index (κ2) is 4.78. The van der Waals surface area contributed by atoms with Crippen LogP contribution in [-0.2, 0) is 11.3 Å². The van der Waals surface area contributed by atoms with Crippen LogP contribution in [0.4, 0.5) is 0 Å². The third-order valence-electron chi connectivity index (χ3n) is 2.65. The van der Waals surface area contributed by atoms with Crippen LogP contribution in [-0.4, -0.2) is 28.8 Å². The number of amides is 1. The van der Waals surface area contributed by atoms with Gasteiger partial charge in [0, 0.05) is 43.4 Å². The SMILES string of the molecule is CNC(=O)CCn1cc(C=O)c2cccnc21. The van der Waals surface area contributed by atoms with Crippen molar-refractivity contribution in [2.24, 2.45) is 0 Å². The smallest absolute Gasteiger partial charge is 0.221 e. The number of rotatable bonds is 4. The zero-order chi connectivity index (χ0) is 12.3. The monoisotopic (exact) mass is 231 g/mol. The summed E-state index contributed by atoms with van der Waals surface area (Å²) in [4.78, 5) is 26.3. The Kier molecular flexibility index (Phi) is 3.18. The van der Waals surface area contributed by atoms with Crippen molar-refractivity contribution in [2.75, 3.05) is 7.05 Å². The maximum Gasteiger partial charge on any atom is 0.221 e. The van der Waals surface area contributed by atoms with Crippen molar-refractivity contribution >= 4 is 23.2 Å². The van der Waals surface area contributed by atoms with Crippen LogP contribution in [0.2, 0.25) is 0 Å². The summed E-state index contributed by atoms with van der Waals surface area (Å²) in [6, 6.07) is 3.64. The highest BCUT2D eigenvalue weighted by Crippen LogP contribution is 2.17. The van der Waals surface area contributed by atoms with Gasteiger partial charge >= 0.3 is 0 Å². The average molecular weight is 231 g/mol. The molecule has 2 rings (SSSR count). The molecule has 0 aliphatic carbocycles. The summed E-state index contributed by atoms with van der Waals surface area (Å²) < 4.78 is 1.83. The minimum atomic E-state index is -0.0320. The lowest BCUT2D eigenvalue weighted by Crippen LogP contribution is -2.19. The second-order valence-electron chi connectivity index (χ2n) is 3.69. The first-order chi connectivity index (χ1) is 8.26. The zero-order valence-electron chi connectivity index (χ0n) is 9.51. The quantitative estimate of drug-likeness (QED) is 0.798. The molecule has 1 N–H and O–H groups in total. The van der Waals surface area contributed by atoms with Gasteiger partial charge in [-0.1, -0.05) is 0 Å². The van der Waals surface area contributed by atoms with Gasteiger partial charge in [0.2, 0.25) is 5.91 Å². The van der Waals surface area contributed by atoms with Gasteiger partial charge in [0.05, 0.1) is 0 Å². The molecule has 2 aromatic rings. The van der Waals surface area contributed by atoms with Crippen LogP contribution in [0.3, 0.4) is 0 Å². The molecule has 5 heteroatoms. The van der Waals surface area contributed by atoms with Crippen molar-refractivity contribution in [3.8, 4) is 0 Å². The maximum absolute atomic E-state index is 11.2. The Morgan fingerprint density at radius 3 is 3.12 bits per heavy atom. The molecule has 88 valence electrons. The number of nitrogens with one attached hydrogen (secondary N) is 1. The largest absolute Gasteiger partial charge is 0.359 e. The van der Waals surface area contributed by atoms with Crippen LogP contribution in [0.25, 0.3) is 11.0 Å². The Labute approximate surface area is 98.4 Å². The van der Waals surface area contributed by atoms with E-state index in [1.807, 2.05) is 10.6 Å². The third-order valence-corrected chi connectivity index (χ3v) is 2.65. The van der Waals surface area contributed by atoms with Gasteiger partial charge in [-0.05, 0) is 12.1 Å². The Balaban J connectivity index is 2.34. The first-order valence-corrected chi connectivity index (χ1v) is 5.36. The average Bonchev–Trinajstić information content (AvgIpc) is 2.74. The predicted octanol–water partition coefficient (Wildman–Crippen LogP) is 0.985. The summed E-state index contributed by atoms with van der Waals surface area (Å²) in [5.41, 5.74) is 1.34. The number of fused-ring (bicyclic) bond motifs is 1. The molecule has 0 aliphatic rings. The minimum absolute atomic E-state index is 0.0320. The highest BCUT2D eigenvalue weighted by Gasteiger charge is 2.09. The van der Waals surface area contributed by atoms with Crippen molar-refractivity contribution in [1.29, 1.82) is 0 Å². The van der Waals surface area contributed by atoms with Crippen molar-refractivity contribution in [1.82, 2.24) is 14.9 Å². The van der Waals surface area contributed by atoms with Crippen LogP contribution in [0.1, 0.15) is 16.8 Å². The Hall–Kier alpha value is -2.17. The van der Waals surface area contributed by atoms with E-state index in [4.69, 9.17) is 0 Å². The van der Waals surface area contributed by atoms with Gasteiger partial charge in [0.15, 0.2) is 6.29 Å². The summed E-state index contributed by atoms with van der Waals surface area (Å²) in [5.74, 6) is -0.0320. The summed E-state index contributed by atoms with van der Waals surface area (Å²) in [5, 5.41) is 3.38. The van der Waals surface area contributed by atoms with E-state index in [1.54, 1.807) is 25.5 Å². The fourth-order valence-corrected chi connectivity index (χ4v) is 1.76. The fourth-order valence-electron chi connectivity index (χ4n) is 1.76. The molecule has 2 aromatic heterocycles. The normalized spacial score (nSPS) is 10.4. The molecular weight excluding hydrogens is 218 g/mol. The van der Waals surface area contributed by atoms with E-state index in [-0.39, 0.29) is 5.91 Å². The molecule has 0 radical (unpaired) electrons. The molecule has 0 spiro atoms. The number of nitrogens with zero attached hydrogens (tertiary/aromatic N) is 2. The molecule has 0 saturated heterocycles. The topological polar surface area (TPSA) is 64.0 Å². The highest BCUT2D eigenvalue weighted by molar-refractivity contribution is 5.96. The fraction of sp³-hybridized carbons (Fsp3) is 0.250. The molecule has 1 amide bonds. The highest BCUT2D eigenvalue weighted by atomic mass is 16.1. The summed E-state index contributed by atoms with van der Waals surface area (Å²) in [7, 11) is 1.60. The molecule has 0 aromatic carbocycles. The van der Waals surface area contributed by atoms with Gasteiger partial charge in [0.1, 0.15) is 5.65 Å². The van der Waals surface area contributed by atoms with Gasteiger partial charge in [-0.25, -0.2) is 4.98 Å². The van der Waals surface area contributed by atoms with E-state index in [0.717, 1.165) is 17.3 Å². The molecule has 0 fully saturated rings. The Bertz CT molecular complexity index is 560. The lowest BCUT2D eigenvalue weighted by atomic mass is 10.2. The van der Waals surface area contributed by atoms with Gasteiger partial charge in [-0.2, -0.15) is 0 Å². The van der Waals surface area contributed by atoms with Gasteiger partial charge in [0.25, 0.3) is 0 Å². The van der Waals surface area contributed by atoms with Crippen molar-refractivity contribution < 1.29 is 9.59 Å². The molecule has 0 bridgehead atoms.